The second kappa shape index (κ2) is 8.71. The minimum Gasteiger partial charge on any atom is -0.395 e. The summed E-state index contributed by atoms with van der Waals surface area (Å²) in [7, 11) is -3.19. The fourth-order valence-corrected chi connectivity index (χ4v) is 6.76. The van der Waals surface area contributed by atoms with Crippen molar-refractivity contribution in [2.45, 2.75) is 44.2 Å². The lowest BCUT2D eigenvalue weighted by Gasteiger charge is -2.71. The molecule has 7 heteroatoms. The number of likely N-dealkylation sites (tertiary alicyclic amines) is 1. The van der Waals surface area contributed by atoms with E-state index in [1.54, 1.807) is 11.2 Å². The van der Waals surface area contributed by atoms with Crippen molar-refractivity contribution in [1.29, 1.82) is 0 Å². The van der Waals surface area contributed by atoms with Gasteiger partial charge in [-0.1, -0.05) is 36.4 Å². The number of nitrogens with zero attached hydrogens (tertiary/aromatic N) is 2. The van der Waals surface area contributed by atoms with Gasteiger partial charge in [-0.15, -0.1) is 0 Å². The van der Waals surface area contributed by atoms with Crippen LogP contribution >= 0.6 is 0 Å². The highest BCUT2D eigenvalue weighted by Gasteiger charge is 2.67. The highest BCUT2D eigenvalue weighted by atomic mass is 32.2. The molecule has 0 saturated carbocycles. The Hall–Kier alpha value is -1.25. The van der Waals surface area contributed by atoms with Crippen molar-refractivity contribution in [3.8, 4) is 0 Å². The minimum absolute atomic E-state index is 0.0342. The maximum Gasteiger partial charge on any atom is 0.213 e. The minimum atomic E-state index is -3.19. The van der Waals surface area contributed by atoms with Crippen molar-refractivity contribution in [2.75, 3.05) is 45.2 Å². The number of aliphatic hydroxyl groups is 1. The molecule has 3 saturated heterocycles. The van der Waals surface area contributed by atoms with Gasteiger partial charge >= 0.3 is 0 Å². The molecule has 1 spiro atoms. The van der Waals surface area contributed by atoms with Gasteiger partial charge in [0.25, 0.3) is 0 Å². The van der Waals surface area contributed by atoms with E-state index in [0.717, 1.165) is 38.2 Å². The van der Waals surface area contributed by atoms with Gasteiger partial charge in [-0.3, -0.25) is 4.90 Å². The molecule has 1 aromatic carbocycles. The lowest BCUT2D eigenvalue weighted by molar-refractivity contribution is -0.178. The summed E-state index contributed by atoms with van der Waals surface area (Å²) in [5.74, 6) is 0.819. The molecule has 0 aliphatic carbocycles. The van der Waals surface area contributed by atoms with Crippen LogP contribution in [0.3, 0.4) is 0 Å². The van der Waals surface area contributed by atoms with Crippen LogP contribution in [0, 0.1) is 5.92 Å². The van der Waals surface area contributed by atoms with Crippen LogP contribution in [-0.2, 0) is 14.8 Å². The van der Waals surface area contributed by atoms with Gasteiger partial charge in [0.1, 0.15) is 0 Å². The van der Waals surface area contributed by atoms with Crippen LogP contribution in [0.5, 0.6) is 0 Å². The van der Waals surface area contributed by atoms with Gasteiger partial charge < -0.3 is 9.84 Å². The average molecular weight is 435 g/mol. The van der Waals surface area contributed by atoms with Crippen LogP contribution in [0.15, 0.2) is 30.3 Å². The smallest absolute Gasteiger partial charge is 0.213 e. The third-order valence-corrected chi connectivity index (χ3v) is 9.01. The first-order chi connectivity index (χ1) is 14.4. The molecule has 0 radical (unpaired) electrons. The van der Waals surface area contributed by atoms with Gasteiger partial charge in [0.05, 0.1) is 17.9 Å². The fourth-order valence-electron chi connectivity index (χ4n) is 5.55. The number of sulfonamides is 1. The number of benzene rings is 1. The van der Waals surface area contributed by atoms with E-state index in [0.29, 0.717) is 19.0 Å². The van der Waals surface area contributed by atoms with Gasteiger partial charge in [-0.25, -0.2) is 8.42 Å². The standard InChI is InChI=1S/C23H34N2O4S/c1-3-5-18-6-8-20(9-7-18)22-21(15-26)25(14-19-10-12-29-13-11-19)23(22)16-24(17-23)30(27,28)4-2/h3,5-9,19,21-22,26H,4,10-17H2,1-2H3/b5-3+/t21-,22+/m1/s1. The van der Waals surface area contributed by atoms with E-state index in [-0.39, 0.29) is 29.9 Å². The first kappa shape index (κ1) is 22.0. The molecule has 0 aromatic heterocycles. The van der Waals surface area contributed by atoms with E-state index in [1.807, 2.05) is 13.0 Å². The molecule has 1 N–H and O–H groups in total. The Morgan fingerprint density at radius 2 is 1.87 bits per heavy atom. The number of allylic oxidation sites excluding steroid dienone is 1. The van der Waals surface area contributed by atoms with Crippen molar-refractivity contribution in [2.24, 2.45) is 5.92 Å². The summed E-state index contributed by atoms with van der Waals surface area (Å²) in [6.45, 7) is 7.32. The number of hydrogen-bond donors (Lipinski definition) is 1. The van der Waals surface area contributed by atoms with Crippen molar-refractivity contribution in [3.63, 3.8) is 0 Å². The van der Waals surface area contributed by atoms with Crippen LogP contribution in [-0.4, -0.2) is 79.5 Å². The predicted molar refractivity (Wildman–Crippen MR) is 119 cm³/mol. The largest absolute Gasteiger partial charge is 0.395 e. The Kier molecular flexibility index (Phi) is 6.38. The Balaban J connectivity index is 1.60. The molecule has 3 fully saturated rings. The normalized spacial score (nSPS) is 28.0. The fraction of sp³-hybridized carbons (Fsp3) is 0.652. The van der Waals surface area contributed by atoms with Crippen molar-refractivity contribution >= 4 is 16.1 Å². The zero-order valence-corrected chi connectivity index (χ0v) is 18.9. The molecule has 4 rings (SSSR count). The molecule has 3 aliphatic heterocycles. The van der Waals surface area contributed by atoms with E-state index in [4.69, 9.17) is 4.74 Å². The van der Waals surface area contributed by atoms with Gasteiger partial charge in [0.2, 0.25) is 10.0 Å². The van der Waals surface area contributed by atoms with Crippen LogP contribution in [0.4, 0.5) is 0 Å². The molecule has 30 heavy (non-hydrogen) atoms. The lowest BCUT2D eigenvalue weighted by atomic mass is 9.61. The number of hydrogen-bond acceptors (Lipinski definition) is 5. The SMILES string of the molecule is C/C=C/c1ccc([C@H]2[C@@H](CO)N(CC3CCOCC3)C23CN(S(=O)(=O)CC)C3)cc1. The molecular weight excluding hydrogens is 400 g/mol. The quantitative estimate of drug-likeness (QED) is 0.713. The van der Waals surface area contributed by atoms with Gasteiger partial charge in [-0.2, -0.15) is 4.31 Å². The summed E-state index contributed by atoms with van der Waals surface area (Å²) >= 11 is 0. The van der Waals surface area contributed by atoms with Crippen molar-refractivity contribution < 1.29 is 18.3 Å². The number of rotatable bonds is 7. The van der Waals surface area contributed by atoms with Crippen LogP contribution in [0.25, 0.3) is 6.08 Å². The van der Waals surface area contributed by atoms with E-state index >= 15 is 0 Å². The van der Waals surface area contributed by atoms with Gasteiger partial charge in [0.15, 0.2) is 0 Å². The van der Waals surface area contributed by atoms with Gasteiger partial charge in [0, 0.05) is 44.8 Å². The second-order valence-electron chi connectivity index (χ2n) is 8.87. The third-order valence-electron chi connectivity index (χ3n) is 7.23. The summed E-state index contributed by atoms with van der Waals surface area (Å²) in [4.78, 5) is 2.41. The van der Waals surface area contributed by atoms with Crippen LogP contribution in [0.2, 0.25) is 0 Å². The molecule has 3 aliphatic rings. The van der Waals surface area contributed by atoms with E-state index in [1.165, 1.54) is 5.56 Å². The first-order valence-corrected chi connectivity index (χ1v) is 12.7. The summed E-state index contributed by atoms with van der Waals surface area (Å²) in [5.41, 5.74) is 2.13. The Morgan fingerprint density at radius 3 is 2.43 bits per heavy atom. The lowest BCUT2D eigenvalue weighted by Crippen LogP contribution is -2.85. The predicted octanol–water partition coefficient (Wildman–Crippen LogP) is 2.31. The molecule has 0 unspecified atom stereocenters. The third kappa shape index (κ3) is 3.75. The zero-order valence-electron chi connectivity index (χ0n) is 18.0. The summed E-state index contributed by atoms with van der Waals surface area (Å²) in [6.07, 6.45) is 6.15. The monoisotopic (exact) mass is 434 g/mol. The number of ether oxygens (including phenoxy) is 1. The van der Waals surface area contributed by atoms with Crippen LogP contribution in [0.1, 0.15) is 43.7 Å². The highest BCUT2D eigenvalue weighted by molar-refractivity contribution is 7.89. The molecule has 1 aromatic rings. The zero-order chi connectivity index (χ0) is 21.4. The Bertz CT molecular complexity index is 856. The van der Waals surface area contributed by atoms with E-state index < -0.39 is 10.0 Å². The topological polar surface area (TPSA) is 70.1 Å². The van der Waals surface area contributed by atoms with E-state index in [9.17, 15) is 13.5 Å². The molecule has 166 valence electrons. The number of aliphatic hydroxyl groups excluding tert-OH is 1. The van der Waals surface area contributed by atoms with Crippen molar-refractivity contribution in [3.05, 3.63) is 41.5 Å². The Labute approximate surface area is 180 Å². The molecule has 2 atom stereocenters. The van der Waals surface area contributed by atoms with Gasteiger partial charge in [-0.05, 0) is 43.7 Å². The molecule has 0 bridgehead atoms. The maximum atomic E-state index is 12.5. The second-order valence-corrected chi connectivity index (χ2v) is 11.1. The Morgan fingerprint density at radius 1 is 1.20 bits per heavy atom. The first-order valence-electron chi connectivity index (χ1n) is 11.1. The summed E-state index contributed by atoms with van der Waals surface area (Å²) < 4.78 is 32.0. The molecule has 3 heterocycles. The summed E-state index contributed by atoms with van der Waals surface area (Å²) in [5, 5.41) is 10.3. The highest BCUT2D eigenvalue weighted by Crippen LogP contribution is 2.54. The maximum absolute atomic E-state index is 12.5. The molecule has 0 amide bonds. The summed E-state index contributed by atoms with van der Waals surface area (Å²) in [6, 6.07) is 8.54. The van der Waals surface area contributed by atoms with Crippen molar-refractivity contribution in [1.82, 2.24) is 9.21 Å². The van der Waals surface area contributed by atoms with E-state index in [2.05, 4.69) is 35.2 Å². The van der Waals surface area contributed by atoms with Crippen LogP contribution < -0.4 is 0 Å². The average Bonchev–Trinajstić information content (AvgIpc) is 2.72. The molecular formula is C23H34N2O4S. The molecule has 6 nitrogen and oxygen atoms in total.